The maximum Gasteiger partial charge on any atom is 0.321 e. The molecule has 0 atom stereocenters. The lowest BCUT2D eigenvalue weighted by Crippen LogP contribution is -2.43. The van der Waals surface area contributed by atoms with Crippen LogP contribution in [-0.4, -0.2) is 44.3 Å². The van der Waals surface area contributed by atoms with Gasteiger partial charge >= 0.3 is 6.03 Å². The summed E-state index contributed by atoms with van der Waals surface area (Å²) in [6.45, 7) is 2.54. The summed E-state index contributed by atoms with van der Waals surface area (Å²) in [6, 6.07) is 7.54. The summed E-state index contributed by atoms with van der Waals surface area (Å²) in [5.74, 6) is 0. The second kappa shape index (κ2) is 5.54. The van der Waals surface area contributed by atoms with E-state index in [0.29, 0.717) is 26.3 Å². The number of hydrogen-bond donors (Lipinski definition) is 2. The van der Waals surface area contributed by atoms with E-state index in [1.54, 1.807) is 4.90 Å². The number of morpholine rings is 1. The third kappa shape index (κ3) is 3.10. The highest BCUT2D eigenvalue weighted by molar-refractivity contribution is 5.89. The zero-order chi connectivity index (χ0) is 12.1. The van der Waals surface area contributed by atoms with Crippen molar-refractivity contribution in [1.82, 2.24) is 4.90 Å². The monoisotopic (exact) mass is 235 g/mol. The van der Waals surface area contributed by atoms with E-state index in [4.69, 9.17) is 4.74 Å². The molecule has 0 aromatic heterocycles. The van der Waals surface area contributed by atoms with Gasteiger partial charge in [-0.15, -0.1) is 0 Å². The highest BCUT2D eigenvalue weighted by atomic mass is 16.5. The molecule has 1 aromatic carbocycles. The van der Waals surface area contributed by atoms with E-state index in [0.717, 1.165) is 11.4 Å². The van der Waals surface area contributed by atoms with Crippen LogP contribution in [0.5, 0.6) is 0 Å². The fraction of sp³-hybridized carbons (Fsp3) is 0.417. The van der Waals surface area contributed by atoms with Crippen LogP contribution in [0.25, 0.3) is 0 Å². The van der Waals surface area contributed by atoms with Gasteiger partial charge in [-0.3, -0.25) is 0 Å². The summed E-state index contributed by atoms with van der Waals surface area (Å²) < 4.78 is 5.20. The van der Waals surface area contributed by atoms with Crippen LogP contribution in [0.1, 0.15) is 0 Å². The summed E-state index contributed by atoms with van der Waals surface area (Å²) >= 11 is 0. The Balaban J connectivity index is 1.92. The van der Waals surface area contributed by atoms with Gasteiger partial charge in [-0.25, -0.2) is 4.79 Å². The van der Waals surface area contributed by atoms with Gasteiger partial charge in [0.1, 0.15) is 0 Å². The summed E-state index contributed by atoms with van der Waals surface area (Å²) in [4.78, 5) is 13.6. The van der Waals surface area contributed by atoms with Gasteiger partial charge in [0.15, 0.2) is 0 Å². The Morgan fingerprint density at radius 2 is 1.76 bits per heavy atom. The van der Waals surface area contributed by atoms with E-state index in [-0.39, 0.29) is 6.03 Å². The maximum atomic E-state index is 11.9. The quantitative estimate of drug-likeness (QED) is 0.818. The number of benzene rings is 1. The van der Waals surface area contributed by atoms with Crippen molar-refractivity contribution in [1.29, 1.82) is 0 Å². The number of rotatable bonds is 2. The average Bonchev–Trinajstić information content (AvgIpc) is 2.40. The maximum absolute atomic E-state index is 11.9. The van der Waals surface area contributed by atoms with Crippen LogP contribution in [0.4, 0.5) is 16.2 Å². The Labute approximate surface area is 101 Å². The number of anilines is 2. The Kier molecular flexibility index (Phi) is 3.82. The molecule has 1 heterocycles. The molecule has 2 N–H and O–H groups in total. The second-order valence-electron chi connectivity index (χ2n) is 3.86. The van der Waals surface area contributed by atoms with Crippen molar-refractivity contribution in [3.8, 4) is 0 Å². The van der Waals surface area contributed by atoms with Crippen LogP contribution in [0.15, 0.2) is 24.3 Å². The molecule has 92 valence electrons. The highest BCUT2D eigenvalue weighted by Gasteiger charge is 2.16. The summed E-state index contributed by atoms with van der Waals surface area (Å²) in [7, 11) is 1.86. The third-order valence-electron chi connectivity index (χ3n) is 2.72. The minimum absolute atomic E-state index is 0.0643. The van der Waals surface area contributed by atoms with E-state index in [9.17, 15) is 4.79 Å². The number of carbonyl (C=O) groups is 1. The molecule has 0 saturated carbocycles. The topological polar surface area (TPSA) is 53.6 Å². The molecule has 0 radical (unpaired) electrons. The number of urea groups is 1. The van der Waals surface area contributed by atoms with Gasteiger partial charge in [-0.2, -0.15) is 0 Å². The van der Waals surface area contributed by atoms with Gasteiger partial charge in [0, 0.05) is 31.5 Å². The van der Waals surface area contributed by atoms with Gasteiger partial charge in [0.2, 0.25) is 0 Å². The van der Waals surface area contributed by atoms with E-state index >= 15 is 0 Å². The normalized spacial score (nSPS) is 15.5. The fourth-order valence-electron chi connectivity index (χ4n) is 1.69. The van der Waals surface area contributed by atoms with E-state index < -0.39 is 0 Å². The molecule has 5 nitrogen and oxygen atoms in total. The fourth-order valence-corrected chi connectivity index (χ4v) is 1.69. The van der Waals surface area contributed by atoms with E-state index in [1.165, 1.54) is 0 Å². The van der Waals surface area contributed by atoms with Crippen LogP contribution in [-0.2, 0) is 4.74 Å². The van der Waals surface area contributed by atoms with Crippen molar-refractivity contribution < 1.29 is 9.53 Å². The Hall–Kier alpha value is -1.75. The summed E-state index contributed by atoms with van der Waals surface area (Å²) in [5, 5.41) is 5.90. The summed E-state index contributed by atoms with van der Waals surface area (Å²) in [6.07, 6.45) is 0. The molecule has 5 heteroatoms. The minimum atomic E-state index is -0.0643. The largest absolute Gasteiger partial charge is 0.388 e. The van der Waals surface area contributed by atoms with Gasteiger partial charge < -0.3 is 20.3 Å². The SMILES string of the molecule is CNc1ccc(NC(=O)N2CCOCC2)cc1. The van der Waals surface area contributed by atoms with Crippen molar-refractivity contribution in [2.45, 2.75) is 0 Å². The van der Waals surface area contributed by atoms with Gasteiger partial charge in [0.05, 0.1) is 13.2 Å². The van der Waals surface area contributed by atoms with Crippen molar-refractivity contribution in [3.63, 3.8) is 0 Å². The number of amides is 2. The van der Waals surface area contributed by atoms with E-state index in [2.05, 4.69) is 10.6 Å². The first kappa shape index (κ1) is 11.7. The van der Waals surface area contributed by atoms with Crippen LogP contribution in [0.2, 0.25) is 0 Å². The molecular formula is C12H17N3O2. The zero-order valence-electron chi connectivity index (χ0n) is 9.90. The van der Waals surface area contributed by atoms with Gasteiger partial charge in [0.25, 0.3) is 0 Å². The first-order valence-corrected chi connectivity index (χ1v) is 5.71. The number of nitrogens with zero attached hydrogens (tertiary/aromatic N) is 1. The van der Waals surface area contributed by atoms with Crippen LogP contribution in [0.3, 0.4) is 0 Å². The molecule has 2 rings (SSSR count). The summed E-state index contributed by atoms with van der Waals surface area (Å²) in [5.41, 5.74) is 1.83. The number of carbonyl (C=O) groups excluding carboxylic acids is 1. The average molecular weight is 235 g/mol. The molecular weight excluding hydrogens is 218 g/mol. The van der Waals surface area contributed by atoms with Crippen molar-refractivity contribution in [3.05, 3.63) is 24.3 Å². The molecule has 1 aliphatic rings. The van der Waals surface area contributed by atoms with Crippen molar-refractivity contribution >= 4 is 17.4 Å². The Morgan fingerprint density at radius 3 is 2.35 bits per heavy atom. The number of ether oxygens (including phenoxy) is 1. The van der Waals surface area contributed by atoms with Crippen molar-refractivity contribution in [2.75, 3.05) is 44.0 Å². The molecule has 0 aliphatic carbocycles. The minimum Gasteiger partial charge on any atom is -0.388 e. The molecule has 1 fully saturated rings. The predicted octanol–water partition coefficient (Wildman–Crippen LogP) is 1.59. The molecule has 2 amide bonds. The molecule has 1 aliphatic heterocycles. The second-order valence-corrected chi connectivity index (χ2v) is 3.86. The Morgan fingerprint density at radius 1 is 1.18 bits per heavy atom. The zero-order valence-corrected chi connectivity index (χ0v) is 9.90. The molecule has 0 unspecified atom stereocenters. The van der Waals surface area contributed by atoms with Gasteiger partial charge in [-0.05, 0) is 24.3 Å². The number of hydrogen-bond acceptors (Lipinski definition) is 3. The molecule has 17 heavy (non-hydrogen) atoms. The van der Waals surface area contributed by atoms with E-state index in [1.807, 2.05) is 31.3 Å². The lowest BCUT2D eigenvalue weighted by atomic mass is 10.3. The van der Waals surface area contributed by atoms with Crippen molar-refractivity contribution in [2.24, 2.45) is 0 Å². The third-order valence-corrected chi connectivity index (χ3v) is 2.72. The number of nitrogens with one attached hydrogen (secondary N) is 2. The van der Waals surface area contributed by atoms with Crippen LogP contribution in [0, 0.1) is 0 Å². The standard InChI is InChI=1S/C12H17N3O2/c1-13-10-2-4-11(5-3-10)14-12(16)15-6-8-17-9-7-15/h2-5,13H,6-9H2,1H3,(H,14,16). The molecule has 0 bridgehead atoms. The first-order chi connectivity index (χ1) is 8.29. The lowest BCUT2D eigenvalue weighted by molar-refractivity contribution is 0.0564. The Bertz CT molecular complexity index is 372. The molecule has 0 spiro atoms. The lowest BCUT2D eigenvalue weighted by Gasteiger charge is -2.26. The van der Waals surface area contributed by atoms with Gasteiger partial charge in [-0.1, -0.05) is 0 Å². The molecule has 1 aromatic rings. The predicted molar refractivity (Wildman–Crippen MR) is 67.4 cm³/mol. The van der Waals surface area contributed by atoms with Crippen LogP contribution >= 0.6 is 0 Å². The van der Waals surface area contributed by atoms with Crippen LogP contribution < -0.4 is 10.6 Å². The molecule has 1 saturated heterocycles. The highest BCUT2D eigenvalue weighted by Crippen LogP contribution is 2.13. The smallest absolute Gasteiger partial charge is 0.321 e. The first-order valence-electron chi connectivity index (χ1n) is 5.71.